The molecule has 1 saturated carbocycles. The van der Waals surface area contributed by atoms with Crippen molar-refractivity contribution in [3.63, 3.8) is 0 Å². The molecule has 0 aromatic heterocycles. The second-order valence-corrected chi connectivity index (χ2v) is 5.84. The number of nitrogens with one attached hydrogen (secondary N) is 2. The average Bonchev–Trinajstić information content (AvgIpc) is 3.24. The summed E-state index contributed by atoms with van der Waals surface area (Å²) in [5, 5.41) is 26.3. The molecule has 1 heterocycles. The number of aliphatic hydroxyl groups is 1. The molecule has 1 aromatic carbocycles. The van der Waals surface area contributed by atoms with Crippen LogP contribution in [-0.4, -0.2) is 29.1 Å². The zero-order chi connectivity index (χ0) is 15.0. The molecule has 3 rings (SSSR count). The molecule has 7 nitrogen and oxygen atoms in total. The van der Waals surface area contributed by atoms with E-state index in [9.17, 15) is 20.0 Å². The van der Waals surface area contributed by atoms with Crippen molar-refractivity contribution in [2.75, 3.05) is 23.8 Å². The summed E-state index contributed by atoms with van der Waals surface area (Å²) in [4.78, 5) is 22.1. The minimum absolute atomic E-state index is 0.0512. The Hall–Kier alpha value is -2.15. The summed E-state index contributed by atoms with van der Waals surface area (Å²) in [5.74, 6) is -0.116. The predicted molar refractivity (Wildman–Crippen MR) is 77.3 cm³/mol. The maximum Gasteiger partial charge on any atom is 0.294 e. The number of nitro groups is 1. The summed E-state index contributed by atoms with van der Waals surface area (Å²) in [6.07, 6.45) is 2.85. The number of amides is 1. The lowest BCUT2D eigenvalue weighted by molar-refractivity contribution is -0.383. The number of carbonyl (C=O) groups excluding carboxylic acids is 1. The van der Waals surface area contributed by atoms with E-state index in [-0.39, 0.29) is 23.6 Å². The molecule has 0 unspecified atom stereocenters. The van der Waals surface area contributed by atoms with E-state index in [1.807, 2.05) is 0 Å². The number of carbonyl (C=O) groups is 1. The van der Waals surface area contributed by atoms with Crippen LogP contribution in [0.15, 0.2) is 12.1 Å². The summed E-state index contributed by atoms with van der Waals surface area (Å²) >= 11 is 0. The molecule has 1 amide bonds. The highest BCUT2D eigenvalue weighted by atomic mass is 16.6. The fraction of sp³-hybridized carbons (Fsp3) is 0.500. The van der Waals surface area contributed by atoms with E-state index < -0.39 is 4.92 Å². The molecule has 0 radical (unpaired) electrons. The highest BCUT2D eigenvalue weighted by Gasteiger charge is 2.42. The van der Waals surface area contributed by atoms with Gasteiger partial charge in [-0.15, -0.1) is 0 Å². The molecule has 1 aromatic rings. The number of hydrogen-bond donors (Lipinski definition) is 3. The van der Waals surface area contributed by atoms with E-state index in [1.54, 1.807) is 6.07 Å². The fourth-order valence-corrected chi connectivity index (χ4v) is 2.56. The van der Waals surface area contributed by atoms with Gasteiger partial charge in [-0.2, -0.15) is 0 Å². The first-order valence-corrected chi connectivity index (χ1v) is 6.99. The Kier molecular flexibility index (Phi) is 3.29. The number of aryl methyl sites for hydroxylation is 1. The lowest BCUT2D eigenvalue weighted by atomic mass is 10.0. The third-order valence-corrected chi connectivity index (χ3v) is 4.26. The lowest BCUT2D eigenvalue weighted by Gasteiger charge is -2.19. The first-order chi connectivity index (χ1) is 10.0. The van der Waals surface area contributed by atoms with Crippen molar-refractivity contribution in [3.8, 4) is 0 Å². The molecule has 21 heavy (non-hydrogen) atoms. The van der Waals surface area contributed by atoms with E-state index >= 15 is 0 Å². The van der Waals surface area contributed by atoms with E-state index in [0.29, 0.717) is 30.8 Å². The topological polar surface area (TPSA) is 104 Å². The Morgan fingerprint density at radius 1 is 1.38 bits per heavy atom. The third kappa shape index (κ3) is 2.69. The number of anilines is 2. The van der Waals surface area contributed by atoms with Gasteiger partial charge < -0.3 is 15.7 Å². The van der Waals surface area contributed by atoms with Crippen LogP contribution in [0.4, 0.5) is 17.1 Å². The Bertz CT molecular complexity index is 610. The number of nitro benzene ring substituents is 1. The van der Waals surface area contributed by atoms with Gasteiger partial charge in [0.05, 0.1) is 17.2 Å². The summed E-state index contributed by atoms with van der Waals surface area (Å²) < 4.78 is 0. The lowest BCUT2D eigenvalue weighted by Crippen LogP contribution is -2.21. The largest absolute Gasteiger partial charge is 0.396 e. The van der Waals surface area contributed by atoms with Crippen molar-refractivity contribution in [1.29, 1.82) is 0 Å². The molecule has 0 spiro atoms. The van der Waals surface area contributed by atoms with Gasteiger partial charge in [0.1, 0.15) is 5.69 Å². The molecular formula is C14H17N3O4. The number of aliphatic hydroxyl groups excluding tert-OH is 1. The van der Waals surface area contributed by atoms with Crippen molar-refractivity contribution >= 4 is 23.0 Å². The number of hydrogen-bond acceptors (Lipinski definition) is 5. The van der Waals surface area contributed by atoms with Crippen LogP contribution >= 0.6 is 0 Å². The minimum atomic E-state index is -0.456. The van der Waals surface area contributed by atoms with Crippen LogP contribution in [0.5, 0.6) is 0 Å². The monoisotopic (exact) mass is 291 g/mol. The maximum absolute atomic E-state index is 11.4. The van der Waals surface area contributed by atoms with Crippen molar-refractivity contribution in [3.05, 3.63) is 27.8 Å². The van der Waals surface area contributed by atoms with Gasteiger partial charge in [0.15, 0.2) is 0 Å². The highest BCUT2D eigenvalue weighted by Crippen LogP contribution is 2.45. The zero-order valence-corrected chi connectivity index (χ0v) is 11.5. The molecule has 0 bridgehead atoms. The van der Waals surface area contributed by atoms with Gasteiger partial charge in [-0.3, -0.25) is 14.9 Å². The molecule has 112 valence electrons. The van der Waals surface area contributed by atoms with Crippen LogP contribution in [0.3, 0.4) is 0 Å². The van der Waals surface area contributed by atoms with E-state index in [1.165, 1.54) is 6.07 Å². The van der Waals surface area contributed by atoms with Crippen LogP contribution in [0.25, 0.3) is 0 Å². The molecule has 0 atom stereocenters. The number of fused-ring (bicyclic) bond motifs is 1. The first-order valence-electron chi connectivity index (χ1n) is 6.99. The Morgan fingerprint density at radius 2 is 2.14 bits per heavy atom. The van der Waals surface area contributed by atoms with Gasteiger partial charge in [-0.25, -0.2) is 0 Å². The van der Waals surface area contributed by atoms with E-state index in [2.05, 4.69) is 10.6 Å². The summed E-state index contributed by atoms with van der Waals surface area (Å²) in [6, 6.07) is 3.15. The van der Waals surface area contributed by atoms with Crippen molar-refractivity contribution in [2.24, 2.45) is 5.41 Å². The van der Waals surface area contributed by atoms with Gasteiger partial charge in [0.25, 0.3) is 5.69 Å². The SMILES string of the molecule is O=C1CCc2cc(NCC3(CO)CC3)c([N+](=O)[O-])cc2N1. The van der Waals surface area contributed by atoms with E-state index in [4.69, 9.17) is 0 Å². The second-order valence-electron chi connectivity index (χ2n) is 5.84. The molecule has 1 aliphatic carbocycles. The molecular weight excluding hydrogens is 274 g/mol. The zero-order valence-electron chi connectivity index (χ0n) is 11.5. The number of benzene rings is 1. The Labute approximate surface area is 121 Å². The maximum atomic E-state index is 11.4. The summed E-state index contributed by atoms with van der Waals surface area (Å²) in [7, 11) is 0. The smallest absolute Gasteiger partial charge is 0.294 e. The third-order valence-electron chi connectivity index (χ3n) is 4.26. The molecule has 0 saturated heterocycles. The normalized spacial score (nSPS) is 18.6. The summed E-state index contributed by atoms with van der Waals surface area (Å²) in [6.45, 7) is 0.615. The minimum Gasteiger partial charge on any atom is -0.396 e. The average molecular weight is 291 g/mol. The molecule has 1 fully saturated rings. The van der Waals surface area contributed by atoms with Crippen LogP contribution in [0.2, 0.25) is 0 Å². The standard InChI is InChI=1S/C14H17N3O4/c18-8-14(3-4-14)7-15-11-5-9-1-2-13(19)16-10(9)6-12(11)17(20)21/h5-6,15,18H,1-4,7-8H2,(H,16,19). The molecule has 7 heteroatoms. The number of rotatable bonds is 5. The van der Waals surface area contributed by atoms with E-state index in [0.717, 1.165) is 18.4 Å². The van der Waals surface area contributed by atoms with Gasteiger partial charge in [0.2, 0.25) is 5.91 Å². The second kappa shape index (κ2) is 5.00. The van der Waals surface area contributed by atoms with Crippen molar-refractivity contribution in [2.45, 2.75) is 25.7 Å². The molecule has 3 N–H and O–H groups in total. The fourth-order valence-electron chi connectivity index (χ4n) is 2.56. The van der Waals surface area contributed by atoms with Crippen molar-refractivity contribution in [1.82, 2.24) is 0 Å². The van der Waals surface area contributed by atoms with Crippen LogP contribution in [0, 0.1) is 15.5 Å². The predicted octanol–water partition coefficient (Wildman–Crippen LogP) is 1.66. The number of nitrogens with zero attached hydrogens (tertiary/aromatic N) is 1. The molecule has 2 aliphatic rings. The van der Waals surface area contributed by atoms with Gasteiger partial charge in [0, 0.05) is 24.4 Å². The van der Waals surface area contributed by atoms with Gasteiger partial charge >= 0.3 is 0 Å². The van der Waals surface area contributed by atoms with Gasteiger partial charge in [-0.1, -0.05) is 0 Å². The van der Waals surface area contributed by atoms with Crippen LogP contribution in [0.1, 0.15) is 24.8 Å². The Balaban J connectivity index is 1.87. The van der Waals surface area contributed by atoms with Crippen LogP contribution < -0.4 is 10.6 Å². The van der Waals surface area contributed by atoms with Crippen LogP contribution in [-0.2, 0) is 11.2 Å². The van der Waals surface area contributed by atoms with Gasteiger partial charge in [-0.05, 0) is 30.9 Å². The summed E-state index contributed by atoms with van der Waals surface area (Å²) in [5.41, 5.74) is 1.69. The molecule has 1 aliphatic heterocycles. The first kappa shape index (κ1) is 13.8. The quantitative estimate of drug-likeness (QED) is 0.565. The highest BCUT2D eigenvalue weighted by molar-refractivity contribution is 5.95. The Morgan fingerprint density at radius 3 is 2.76 bits per heavy atom. The van der Waals surface area contributed by atoms with Crippen molar-refractivity contribution < 1.29 is 14.8 Å².